The second-order valence-corrected chi connectivity index (χ2v) is 10.7. The Morgan fingerprint density at radius 2 is 2.00 bits per heavy atom. The summed E-state index contributed by atoms with van der Waals surface area (Å²) < 4.78 is 6.05. The van der Waals surface area contributed by atoms with Gasteiger partial charge in [0, 0.05) is 14.1 Å². The molecule has 3 aromatic rings. The van der Waals surface area contributed by atoms with Gasteiger partial charge < -0.3 is 19.8 Å². The highest BCUT2D eigenvalue weighted by Crippen LogP contribution is 2.33. The number of hydrogen-bond donors (Lipinski definition) is 2. The van der Waals surface area contributed by atoms with E-state index >= 15 is 0 Å². The van der Waals surface area contributed by atoms with E-state index in [1.54, 1.807) is 39.8 Å². The van der Waals surface area contributed by atoms with Gasteiger partial charge in [0.25, 0.3) is 9.62 Å². The molecule has 3 rings (SSSR count). The zero-order valence-electron chi connectivity index (χ0n) is 19.2. The third-order valence-electron chi connectivity index (χ3n) is 4.30. The summed E-state index contributed by atoms with van der Waals surface area (Å²) in [6.07, 6.45) is 1.48. The lowest BCUT2D eigenvalue weighted by Gasteiger charge is -2.18. The number of rotatable bonds is 7. The number of carbonyl (C=O) groups is 1. The summed E-state index contributed by atoms with van der Waals surface area (Å²) in [5.74, 6) is -0.556. The topological polar surface area (TPSA) is 160 Å². The van der Waals surface area contributed by atoms with Crippen molar-refractivity contribution in [1.29, 1.82) is 0 Å². The largest absolute Gasteiger partial charge is 0.443 e. The first-order valence-corrected chi connectivity index (χ1v) is 11.6. The van der Waals surface area contributed by atoms with Crippen LogP contribution in [-0.2, 0) is 16.3 Å². The fourth-order valence-corrected chi connectivity index (χ4v) is 4.71. The van der Waals surface area contributed by atoms with Crippen LogP contribution < -0.4 is 9.62 Å². The monoisotopic (exact) mass is 508 g/mol. The molecule has 0 aromatic carbocycles. The van der Waals surface area contributed by atoms with Crippen LogP contribution in [0.1, 0.15) is 31.8 Å². The molecule has 14 heteroatoms. The van der Waals surface area contributed by atoms with Gasteiger partial charge in [0.1, 0.15) is 11.8 Å². The van der Waals surface area contributed by atoms with Crippen molar-refractivity contribution in [2.24, 2.45) is 10.4 Å². The summed E-state index contributed by atoms with van der Waals surface area (Å²) in [6.45, 7) is 4.03. The molecule has 3 aromatic heterocycles. The molecule has 0 aliphatic rings. The van der Waals surface area contributed by atoms with Crippen LogP contribution in [-0.4, -0.2) is 67.6 Å². The molecular weight excluding hydrogens is 484 g/mol. The van der Waals surface area contributed by atoms with Crippen LogP contribution in [0.4, 0.5) is 5.95 Å². The first kappa shape index (κ1) is 25.6. The highest BCUT2D eigenvalue weighted by atomic mass is 32.2. The van der Waals surface area contributed by atoms with Gasteiger partial charge in [-0.3, -0.25) is 14.4 Å². The Balaban J connectivity index is 2.16. The van der Waals surface area contributed by atoms with E-state index in [9.17, 15) is 24.6 Å². The lowest BCUT2D eigenvalue weighted by Crippen LogP contribution is -2.29. The Morgan fingerprint density at radius 1 is 1.29 bits per heavy atom. The Kier molecular flexibility index (Phi) is 7.55. The van der Waals surface area contributed by atoms with E-state index in [1.165, 1.54) is 12.5 Å². The molecule has 0 saturated carbocycles. The number of nitrogens with zero attached hydrogens (tertiary/aromatic N) is 6. The number of esters is 1. The number of ether oxygens (including phenoxy) is 1. The Bertz CT molecular complexity index is 1350. The minimum Gasteiger partial charge on any atom is -0.443 e. The molecule has 12 nitrogen and oxygen atoms in total. The molecular formula is C20H24N6O6S2. The maximum absolute atomic E-state index is 13.3. The van der Waals surface area contributed by atoms with Gasteiger partial charge in [0.2, 0.25) is 5.95 Å². The van der Waals surface area contributed by atoms with Gasteiger partial charge in [-0.2, -0.15) is 4.98 Å². The fraction of sp³-hybridized carbons (Fsp3) is 0.450. The summed E-state index contributed by atoms with van der Waals surface area (Å²) in [5, 5.41) is 19.4. The van der Waals surface area contributed by atoms with E-state index in [1.807, 2.05) is 0 Å². The van der Waals surface area contributed by atoms with Gasteiger partial charge in [-0.15, -0.1) is 0 Å². The molecule has 0 saturated heterocycles. The minimum atomic E-state index is -1.27. The van der Waals surface area contributed by atoms with Crippen molar-refractivity contribution in [1.82, 2.24) is 24.4 Å². The van der Waals surface area contributed by atoms with Crippen molar-refractivity contribution in [2.45, 2.75) is 33.6 Å². The van der Waals surface area contributed by atoms with Gasteiger partial charge in [-0.05, 0) is 20.8 Å². The first-order chi connectivity index (χ1) is 15.9. The molecule has 1 atom stereocenters. The number of fused-ring (bicyclic) bond motifs is 1. The SMILES string of the molecule is CN(C)/C=N/c1nc2ncc(-c3sc(=O)sc3[C@H](O)CO)nc2c(=O)n1COC(=O)C(C)(C)C. The summed E-state index contributed by atoms with van der Waals surface area (Å²) in [7, 11) is 3.48. The quantitative estimate of drug-likeness (QED) is 0.269. The van der Waals surface area contributed by atoms with Crippen molar-refractivity contribution in [3.8, 4) is 10.6 Å². The van der Waals surface area contributed by atoms with Crippen molar-refractivity contribution in [3.63, 3.8) is 0 Å². The molecule has 0 radical (unpaired) electrons. The molecule has 0 aliphatic carbocycles. The van der Waals surface area contributed by atoms with Crippen LogP contribution in [0.5, 0.6) is 0 Å². The number of aliphatic hydroxyl groups is 2. The number of aliphatic imine (C=N–C) groups is 1. The minimum absolute atomic E-state index is 0.00453. The van der Waals surface area contributed by atoms with Gasteiger partial charge in [-0.25, -0.2) is 19.5 Å². The molecule has 34 heavy (non-hydrogen) atoms. The van der Waals surface area contributed by atoms with Crippen molar-refractivity contribution < 1.29 is 19.7 Å². The van der Waals surface area contributed by atoms with Crippen LogP contribution in [0.15, 0.2) is 20.8 Å². The number of carbonyl (C=O) groups excluding carboxylic acids is 1. The summed E-state index contributed by atoms with van der Waals surface area (Å²) in [4.78, 5) is 56.7. The van der Waals surface area contributed by atoms with E-state index in [0.717, 1.165) is 27.2 Å². The maximum Gasteiger partial charge on any atom is 0.312 e. The lowest BCUT2D eigenvalue weighted by atomic mass is 9.98. The molecule has 0 fully saturated rings. The highest BCUT2D eigenvalue weighted by molar-refractivity contribution is 7.29. The normalized spacial score (nSPS) is 12.9. The van der Waals surface area contributed by atoms with Crippen LogP contribution in [0.2, 0.25) is 0 Å². The van der Waals surface area contributed by atoms with Crippen LogP contribution >= 0.6 is 22.7 Å². The average molecular weight is 509 g/mol. The van der Waals surface area contributed by atoms with Crippen molar-refractivity contribution in [3.05, 3.63) is 30.3 Å². The molecule has 0 amide bonds. The molecule has 0 spiro atoms. The molecule has 2 N–H and O–H groups in total. The maximum atomic E-state index is 13.3. The van der Waals surface area contributed by atoms with Gasteiger partial charge in [0.15, 0.2) is 17.9 Å². The Morgan fingerprint density at radius 3 is 2.62 bits per heavy atom. The standard InChI is InChI=1S/C20H24N6O6S2/c1-20(2,3)17(30)32-9-26-16(29)12-15(24-18(26)22-8-25(4)5)21-6-10(23-12)13-14(11(28)7-27)34-19(31)33-13/h6,8,11,27-28H,7,9H2,1-5H3/b22-8+/t11-/m1/s1. The van der Waals surface area contributed by atoms with Crippen LogP contribution in [0.25, 0.3) is 21.7 Å². The average Bonchev–Trinajstić information content (AvgIpc) is 3.17. The van der Waals surface area contributed by atoms with Gasteiger partial charge in [0.05, 0.1) is 34.3 Å². The molecule has 182 valence electrons. The Labute approximate surface area is 201 Å². The van der Waals surface area contributed by atoms with E-state index in [2.05, 4.69) is 19.9 Å². The van der Waals surface area contributed by atoms with Gasteiger partial charge >= 0.3 is 5.97 Å². The van der Waals surface area contributed by atoms with E-state index in [-0.39, 0.29) is 31.7 Å². The smallest absolute Gasteiger partial charge is 0.312 e. The molecule has 0 bridgehead atoms. The second-order valence-electron chi connectivity index (χ2n) is 8.44. The summed E-state index contributed by atoms with van der Waals surface area (Å²) in [5.41, 5.74) is -1.40. The number of hydrogen-bond acceptors (Lipinski definition) is 12. The second kappa shape index (κ2) is 10.0. The zero-order chi connectivity index (χ0) is 25.2. The third-order valence-corrected chi connectivity index (χ3v) is 6.59. The van der Waals surface area contributed by atoms with E-state index in [4.69, 9.17) is 4.74 Å². The van der Waals surface area contributed by atoms with Gasteiger partial charge in [-0.1, -0.05) is 22.7 Å². The first-order valence-electron chi connectivity index (χ1n) is 10.0. The third kappa shape index (κ3) is 5.52. The Hall–Kier alpha value is -3.07. The summed E-state index contributed by atoms with van der Waals surface area (Å²) in [6, 6.07) is 0. The summed E-state index contributed by atoms with van der Waals surface area (Å²) >= 11 is 1.61. The van der Waals surface area contributed by atoms with E-state index < -0.39 is 36.4 Å². The number of aromatic nitrogens is 4. The zero-order valence-corrected chi connectivity index (χ0v) is 20.8. The molecule has 0 aliphatic heterocycles. The molecule has 0 unspecified atom stereocenters. The highest BCUT2D eigenvalue weighted by Gasteiger charge is 2.25. The molecule has 3 heterocycles. The predicted octanol–water partition coefficient (Wildman–Crippen LogP) is 1.13. The van der Waals surface area contributed by atoms with Crippen molar-refractivity contribution in [2.75, 3.05) is 20.7 Å². The lowest BCUT2D eigenvalue weighted by molar-refractivity contribution is -0.157. The fourth-order valence-electron chi connectivity index (χ4n) is 2.58. The number of aliphatic hydroxyl groups excluding tert-OH is 2. The van der Waals surface area contributed by atoms with E-state index in [0.29, 0.717) is 4.88 Å². The van der Waals surface area contributed by atoms with Crippen molar-refractivity contribution >= 4 is 52.1 Å². The van der Waals surface area contributed by atoms with Crippen LogP contribution in [0, 0.1) is 5.41 Å². The van der Waals surface area contributed by atoms with Crippen LogP contribution in [0.3, 0.4) is 0 Å². The predicted molar refractivity (Wildman–Crippen MR) is 128 cm³/mol.